The molecular weight excluding hydrogens is 428 g/mol. The summed E-state index contributed by atoms with van der Waals surface area (Å²) in [6, 6.07) is 11.2. The number of Topliss-reactive ketones (excluding diaryl/α,β-unsaturated/α-hetero) is 1. The molecule has 32 heavy (non-hydrogen) atoms. The van der Waals surface area contributed by atoms with Gasteiger partial charge in [0.1, 0.15) is 5.78 Å². The third-order valence-electron chi connectivity index (χ3n) is 5.55. The van der Waals surface area contributed by atoms with Gasteiger partial charge in [0.15, 0.2) is 0 Å². The maximum Gasteiger partial charge on any atom is 0.414 e. The minimum atomic E-state index is -3.38. The number of fused-ring (bicyclic) bond motifs is 1. The number of aryl methyl sites for hydroxylation is 1. The number of carbonyl (C=O) groups is 2. The van der Waals surface area contributed by atoms with E-state index in [2.05, 4.69) is 4.72 Å². The second kappa shape index (κ2) is 8.94. The monoisotopic (exact) mass is 458 g/mol. The van der Waals surface area contributed by atoms with E-state index in [1.54, 1.807) is 31.7 Å². The van der Waals surface area contributed by atoms with Crippen LogP contribution in [0, 0.1) is 12.8 Å². The summed E-state index contributed by atoms with van der Waals surface area (Å²) in [5.41, 5.74) is 4.51. The molecule has 1 N–H and O–H groups in total. The Kier molecular flexibility index (Phi) is 6.64. The number of benzene rings is 2. The van der Waals surface area contributed by atoms with Gasteiger partial charge >= 0.3 is 6.09 Å². The van der Waals surface area contributed by atoms with E-state index in [0.717, 1.165) is 28.5 Å². The molecule has 7 nitrogen and oxygen atoms in total. The normalized spacial score (nSPS) is 18.3. The molecule has 2 aromatic rings. The van der Waals surface area contributed by atoms with E-state index in [9.17, 15) is 18.0 Å². The molecule has 1 unspecified atom stereocenters. The Bertz CT molecular complexity index is 1160. The van der Waals surface area contributed by atoms with Crippen LogP contribution in [0.25, 0.3) is 11.1 Å². The molecule has 0 aliphatic carbocycles. The molecule has 1 aliphatic rings. The number of hydrogen-bond donors (Lipinski definition) is 1. The van der Waals surface area contributed by atoms with E-state index in [4.69, 9.17) is 4.74 Å². The fourth-order valence-corrected chi connectivity index (χ4v) is 4.86. The summed E-state index contributed by atoms with van der Waals surface area (Å²) in [4.78, 5) is 26.8. The number of rotatable bonds is 5. The van der Waals surface area contributed by atoms with Crippen LogP contribution in [0.2, 0.25) is 0 Å². The van der Waals surface area contributed by atoms with Gasteiger partial charge in [0, 0.05) is 12.5 Å². The van der Waals surface area contributed by atoms with Gasteiger partial charge in [-0.2, -0.15) is 0 Å². The first kappa shape index (κ1) is 23.8. The number of ether oxygens (including phenoxy) is 1. The lowest BCUT2D eigenvalue weighted by Crippen LogP contribution is -2.43. The zero-order chi connectivity index (χ0) is 23.8. The van der Waals surface area contributed by atoms with Gasteiger partial charge in [0.05, 0.1) is 23.7 Å². The van der Waals surface area contributed by atoms with Gasteiger partial charge in [-0.15, -0.1) is 0 Å². The number of ketones is 1. The van der Waals surface area contributed by atoms with Crippen LogP contribution in [-0.4, -0.2) is 39.2 Å². The molecule has 8 heteroatoms. The Labute approximate surface area is 189 Å². The molecule has 0 saturated carbocycles. The average Bonchev–Trinajstić information content (AvgIpc) is 2.66. The van der Waals surface area contributed by atoms with E-state index in [1.165, 1.54) is 0 Å². The fraction of sp³-hybridized carbons (Fsp3) is 0.417. The molecule has 3 rings (SSSR count). The SMILES string of the molecule is CC(=O)C1c2ccc(-c3ccc(NS(C)(=O)=O)c(C)c3)cc2N(C(=O)OC(C)C)C[C@@H]1C. The highest BCUT2D eigenvalue weighted by atomic mass is 32.2. The van der Waals surface area contributed by atoms with Crippen molar-refractivity contribution >= 4 is 33.3 Å². The maximum absolute atomic E-state index is 12.8. The summed E-state index contributed by atoms with van der Waals surface area (Å²) in [5.74, 6) is -0.255. The van der Waals surface area contributed by atoms with Gasteiger partial charge < -0.3 is 4.74 Å². The van der Waals surface area contributed by atoms with Crippen molar-refractivity contribution in [2.24, 2.45) is 5.92 Å². The minimum Gasteiger partial charge on any atom is -0.446 e. The maximum atomic E-state index is 12.8. The predicted octanol–water partition coefficient (Wildman–Crippen LogP) is 4.71. The summed E-state index contributed by atoms with van der Waals surface area (Å²) < 4.78 is 31.1. The van der Waals surface area contributed by atoms with Crippen LogP contribution in [0.5, 0.6) is 0 Å². The zero-order valence-corrected chi connectivity index (χ0v) is 20.1. The van der Waals surface area contributed by atoms with E-state index in [1.807, 2.05) is 44.2 Å². The summed E-state index contributed by atoms with van der Waals surface area (Å²) >= 11 is 0. The van der Waals surface area contributed by atoms with Crippen molar-refractivity contribution in [2.75, 3.05) is 22.4 Å². The Morgan fingerprint density at radius 2 is 1.75 bits per heavy atom. The van der Waals surface area contributed by atoms with Crippen molar-refractivity contribution in [3.8, 4) is 11.1 Å². The topological polar surface area (TPSA) is 92.8 Å². The lowest BCUT2D eigenvalue weighted by atomic mass is 9.79. The number of anilines is 2. The molecule has 1 amide bonds. The Balaban J connectivity index is 2.07. The van der Waals surface area contributed by atoms with Gasteiger partial charge in [-0.3, -0.25) is 14.4 Å². The molecule has 0 spiro atoms. The molecule has 1 aliphatic heterocycles. The highest BCUT2D eigenvalue weighted by Gasteiger charge is 2.37. The van der Waals surface area contributed by atoms with Crippen LogP contribution in [0.15, 0.2) is 36.4 Å². The highest BCUT2D eigenvalue weighted by Crippen LogP contribution is 2.42. The number of nitrogens with one attached hydrogen (secondary N) is 1. The van der Waals surface area contributed by atoms with Crippen molar-refractivity contribution in [1.29, 1.82) is 0 Å². The van der Waals surface area contributed by atoms with Crippen molar-refractivity contribution in [1.82, 2.24) is 0 Å². The van der Waals surface area contributed by atoms with E-state index < -0.39 is 16.1 Å². The Morgan fingerprint density at radius 1 is 1.12 bits per heavy atom. The first-order valence-electron chi connectivity index (χ1n) is 10.6. The van der Waals surface area contributed by atoms with Gasteiger partial charge in [-0.05, 0) is 74.1 Å². The van der Waals surface area contributed by atoms with Gasteiger partial charge in [-0.25, -0.2) is 13.2 Å². The number of sulfonamides is 1. The molecule has 2 aromatic carbocycles. The van der Waals surface area contributed by atoms with Gasteiger partial charge in [0.25, 0.3) is 0 Å². The first-order valence-corrected chi connectivity index (χ1v) is 12.5. The third kappa shape index (κ3) is 5.12. The highest BCUT2D eigenvalue weighted by molar-refractivity contribution is 7.92. The quantitative estimate of drug-likeness (QED) is 0.701. The van der Waals surface area contributed by atoms with Crippen LogP contribution in [0.3, 0.4) is 0 Å². The minimum absolute atomic E-state index is 0.0332. The van der Waals surface area contributed by atoms with Crippen molar-refractivity contribution in [3.63, 3.8) is 0 Å². The van der Waals surface area contributed by atoms with Crippen LogP contribution < -0.4 is 9.62 Å². The van der Waals surface area contributed by atoms with Crippen molar-refractivity contribution in [3.05, 3.63) is 47.5 Å². The van der Waals surface area contributed by atoms with Crippen LogP contribution in [-0.2, 0) is 19.6 Å². The number of nitrogens with zero attached hydrogens (tertiary/aromatic N) is 1. The molecular formula is C24H30N2O5S. The van der Waals surface area contributed by atoms with E-state index in [-0.39, 0.29) is 23.7 Å². The van der Waals surface area contributed by atoms with E-state index in [0.29, 0.717) is 17.9 Å². The zero-order valence-electron chi connectivity index (χ0n) is 19.3. The standard InChI is InChI=1S/C24H30N2O5S/c1-14(2)31-24(28)26-13-16(4)23(17(5)27)20-9-7-19(12-22(20)26)18-8-10-21(15(3)11-18)25-32(6,29)30/h7-12,14,16,23,25H,13H2,1-6H3/t16-,23?/m0/s1. The Morgan fingerprint density at radius 3 is 2.31 bits per heavy atom. The third-order valence-corrected chi connectivity index (χ3v) is 6.14. The molecule has 0 aromatic heterocycles. The van der Waals surface area contributed by atoms with Crippen molar-refractivity contribution < 1.29 is 22.7 Å². The summed E-state index contributed by atoms with van der Waals surface area (Å²) in [6.07, 6.45) is 0.421. The summed E-state index contributed by atoms with van der Waals surface area (Å²) in [5, 5.41) is 0. The number of carbonyl (C=O) groups excluding carboxylic acids is 2. The molecule has 2 atom stereocenters. The Hall–Kier alpha value is -2.87. The van der Waals surface area contributed by atoms with Gasteiger partial charge in [0.2, 0.25) is 10.0 Å². The largest absolute Gasteiger partial charge is 0.446 e. The molecule has 0 radical (unpaired) electrons. The second-order valence-electron chi connectivity index (χ2n) is 8.79. The van der Waals surface area contributed by atoms with Crippen LogP contribution >= 0.6 is 0 Å². The molecule has 1 heterocycles. The smallest absolute Gasteiger partial charge is 0.414 e. The van der Waals surface area contributed by atoms with E-state index >= 15 is 0 Å². The molecule has 0 fully saturated rings. The van der Waals surface area contributed by atoms with Gasteiger partial charge in [-0.1, -0.05) is 25.1 Å². The summed E-state index contributed by atoms with van der Waals surface area (Å²) in [6.45, 7) is 9.37. The molecule has 172 valence electrons. The van der Waals surface area contributed by atoms with Crippen molar-refractivity contribution in [2.45, 2.75) is 46.6 Å². The fourth-order valence-electron chi connectivity index (χ4n) is 4.23. The first-order chi connectivity index (χ1) is 14.9. The average molecular weight is 459 g/mol. The number of hydrogen-bond acceptors (Lipinski definition) is 5. The number of amides is 1. The van der Waals surface area contributed by atoms with Crippen LogP contribution in [0.1, 0.15) is 44.7 Å². The lowest BCUT2D eigenvalue weighted by molar-refractivity contribution is -0.119. The summed E-state index contributed by atoms with van der Waals surface area (Å²) in [7, 11) is -3.38. The predicted molar refractivity (Wildman–Crippen MR) is 127 cm³/mol. The second-order valence-corrected chi connectivity index (χ2v) is 10.5. The van der Waals surface area contributed by atoms with Crippen LogP contribution in [0.4, 0.5) is 16.2 Å². The lowest BCUT2D eigenvalue weighted by Gasteiger charge is -2.37. The molecule has 0 saturated heterocycles. The molecule has 0 bridgehead atoms.